The van der Waals surface area contributed by atoms with Gasteiger partial charge in [0.15, 0.2) is 0 Å². The predicted molar refractivity (Wildman–Crippen MR) is 53.1 cm³/mol. The van der Waals surface area contributed by atoms with Crippen LogP contribution in [0.25, 0.3) is 0 Å². The zero-order chi connectivity index (χ0) is 9.19. The molecule has 2 nitrogen and oxygen atoms in total. The van der Waals surface area contributed by atoms with Crippen LogP contribution in [0.1, 0.15) is 26.7 Å². The minimum absolute atomic E-state index is 0.348. The van der Waals surface area contributed by atoms with E-state index in [0.717, 1.165) is 12.5 Å². The molecule has 0 aliphatic carbocycles. The zero-order valence-corrected chi connectivity index (χ0v) is 8.64. The van der Waals surface area contributed by atoms with Crippen molar-refractivity contribution in [3.8, 4) is 0 Å². The average Bonchev–Trinajstić information content (AvgIpc) is 2.05. The van der Waals surface area contributed by atoms with E-state index in [1.165, 1.54) is 25.9 Å². The van der Waals surface area contributed by atoms with Crippen molar-refractivity contribution in [2.24, 2.45) is 17.1 Å². The van der Waals surface area contributed by atoms with Gasteiger partial charge in [-0.3, -0.25) is 0 Å². The van der Waals surface area contributed by atoms with Crippen molar-refractivity contribution in [2.75, 3.05) is 26.7 Å². The summed E-state index contributed by atoms with van der Waals surface area (Å²) >= 11 is 0. The number of piperidine rings is 1. The highest BCUT2D eigenvalue weighted by molar-refractivity contribution is 4.83. The van der Waals surface area contributed by atoms with E-state index >= 15 is 0 Å². The van der Waals surface area contributed by atoms with Gasteiger partial charge in [0, 0.05) is 0 Å². The molecule has 2 N–H and O–H groups in total. The summed E-state index contributed by atoms with van der Waals surface area (Å²) in [4.78, 5) is 2.41. The van der Waals surface area contributed by atoms with Crippen LogP contribution >= 0.6 is 0 Å². The Hall–Kier alpha value is -0.0800. The second-order valence-corrected chi connectivity index (χ2v) is 4.77. The molecule has 0 spiro atoms. The van der Waals surface area contributed by atoms with Gasteiger partial charge in [0.1, 0.15) is 0 Å². The molecular formula is C10H22N2. The van der Waals surface area contributed by atoms with Crippen LogP contribution in [0, 0.1) is 11.3 Å². The number of nitrogens with zero attached hydrogens (tertiary/aromatic N) is 1. The molecule has 0 unspecified atom stereocenters. The van der Waals surface area contributed by atoms with E-state index in [2.05, 4.69) is 25.8 Å². The monoisotopic (exact) mass is 170 g/mol. The summed E-state index contributed by atoms with van der Waals surface area (Å²) in [6.45, 7) is 7.90. The van der Waals surface area contributed by atoms with Gasteiger partial charge in [-0.2, -0.15) is 0 Å². The molecule has 72 valence electrons. The second-order valence-electron chi connectivity index (χ2n) is 4.77. The van der Waals surface area contributed by atoms with Gasteiger partial charge in [-0.15, -0.1) is 0 Å². The Kier molecular flexibility index (Phi) is 3.13. The van der Waals surface area contributed by atoms with Crippen molar-refractivity contribution in [3.05, 3.63) is 0 Å². The summed E-state index contributed by atoms with van der Waals surface area (Å²) in [5.41, 5.74) is 6.11. The summed E-state index contributed by atoms with van der Waals surface area (Å²) in [7, 11) is 2.20. The van der Waals surface area contributed by atoms with Gasteiger partial charge in [-0.25, -0.2) is 0 Å². The summed E-state index contributed by atoms with van der Waals surface area (Å²) in [6.07, 6.45) is 2.64. The number of hydrogen-bond acceptors (Lipinski definition) is 2. The lowest BCUT2D eigenvalue weighted by Crippen LogP contribution is -2.40. The van der Waals surface area contributed by atoms with E-state index in [4.69, 9.17) is 5.73 Å². The van der Waals surface area contributed by atoms with Gasteiger partial charge < -0.3 is 10.6 Å². The van der Waals surface area contributed by atoms with E-state index in [1.54, 1.807) is 0 Å². The highest BCUT2D eigenvalue weighted by atomic mass is 15.1. The highest BCUT2D eigenvalue weighted by Crippen LogP contribution is 2.33. The molecular weight excluding hydrogens is 148 g/mol. The summed E-state index contributed by atoms with van der Waals surface area (Å²) in [5.74, 6) is 0.832. The van der Waals surface area contributed by atoms with E-state index in [-0.39, 0.29) is 0 Å². The van der Waals surface area contributed by atoms with Crippen molar-refractivity contribution < 1.29 is 0 Å². The van der Waals surface area contributed by atoms with E-state index < -0.39 is 0 Å². The SMILES string of the molecule is CN1CCC(C(C)(C)CN)CC1. The van der Waals surface area contributed by atoms with Crippen LogP contribution in [0.5, 0.6) is 0 Å². The van der Waals surface area contributed by atoms with Crippen LogP contribution < -0.4 is 5.73 Å². The fourth-order valence-corrected chi connectivity index (χ4v) is 1.96. The van der Waals surface area contributed by atoms with Crippen LogP contribution in [0.15, 0.2) is 0 Å². The molecule has 0 atom stereocenters. The quantitative estimate of drug-likeness (QED) is 0.677. The van der Waals surface area contributed by atoms with E-state index in [1.807, 2.05) is 0 Å². The highest BCUT2D eigenvalue weighted by Gasteiger charge is 2.30. The first-order valence-corrected chi connectivity index (χ1v) is 4.95. The maximum atomic E-state index is 5.76. The molecule has 1 fully saturated rings. The molecule has 1 aliphatic heterocycles. The molecule has 1 aliphatic rings. The third kappa shape index (κ3) is 2.20. The first-order valence-electron chi connectivity index (χ1n) is 4.95. The molecule has 0 aromatic carbocycles. The van der Waals surface area contributed by atoms with Crippen LogP contribution in [0.3, 0.4) is 0 Å². The minimum Gasteiger partial charge on any atom is -0.330 e. The van der Waals surface area contributed by atoms with E-state index in [0.29, 0.717) is 5.41 Å². The Labute approximate surface area is 76.1 Å². The van der Waals surface area contributed by atoms with Gasteiger partial charge in [-0.1, -0.05) is 13.8 Å². The van der Waals surface area contributed by atoms with Crippen LogP contribution in [-0.4, -0.2) is 31.6 Å². The molecule has 1 rings (SSSR count). The van der Waals surface area contributed by atoms with Gasteiger partial charge in [0.2, 0.25) is 0 Å². The zero-order valence-electron chi connectivity index (χ0n) is 8.64. The third-order valence-corrected chi connectivity index (χ3v) is 3.35. The predicted octanol–water partition coefficient (Wildman–Crippen LogP) is 1.31. The van der Waals surface area contributed by atoms with Crippen molar-refractivity contribution in [3.63, 3.8) is 0 Å². The van der Waals surface area contributed by atoms with Gasteiger partial charge in [-0.05, 0) is 50.9 Å². The average molecular weight is 170 g/mol. The smallest absolute Gasteiger partial charge is 0.00189 e. The summed E-state index contributed by atoms with van der Waals surface area (Å²) in [6, 6.07) is 0. The second kappa shape index (κ2) is 3.75. The molecule has 0 radical (unpaired) electrons. The van der Waals surface area contributed by atoms with Crippen molar-refractivity contribution in [1.82, 2.24) is 4.90 Å². The Morgan fingerprint density at radius 2 is 1.83 bits per heavy atom. The third-order valence-electron chi connectivity index (χ3n) is 3.35. The van der Waals surface area contributed by atoms with Gasteiger partial charge in [0.05, 0.1) is 0 Å². The Balaban J connectivity index is 2.44. The Bertz CT molecular complexity index is 135. The maximum absolute atomic E-state index is 5.76. The normalized spacial score (nSPS) is 23.0. The molecule has 0 aromatic rings. The van der Waals surface area contributed by atoms with E-state index in [9.17, 15) is 0 Å². The summed E-state index contributed by atoms with van der Waals surface area (Å²) < 4.78 is 0. The van der Waals surface area contributed by atoms with Gasteiger partial charge in [0.25, 0.3) is 0 Å². The topological polar surface area (TPSA) is 29.3 Å². The standard InChI is InChI=1S/C10H22N2/c1-10(2,8-11)9-4-6-12(3)7-5-9/h9H,4-8,11H2,1-3H3. The molecule has 0 bridgehead atoms. The largest absolute Gasteiger partial charge is 0.330 e. The first-order chi connectivity index (χ1) is 5.56. The number of rotatable bonds is 2. The number of likely N-dealkylation sites (tertiary alicyclic amines) is 1. The van der Waals surface area contributed by atoms with Crippen molar-refractivity contribution in [1.29, 1.82) is 0 Å². The lowest BCUT2D eigenvalue weighted by molar-refractivity contribution is 0.121. The molecule has 1 saturated heterocycles. The fraction of sp³-hybridized carbons (Fsp3) is 1.00. The molecule has 1 heterocycles. The van der Waals surface area contributed by atoms with Crippen LogP contribution in [-0.2, 0) is 0 Å². The van der Waals surface area contributed by atoms with Gasteiger partial charge >= 0.3 is 0 Å². The van der Waals surface area contributed by atoms with Crippen molar-refractivity contribution in [2.45, 2.75) is 26.7 Å². The lowest BCUT2D eigenvalue weighted by atomic mass is 9.74. The molecule has 12 heavy (non-hydrogen) atoms. The molecule has 0 aromatic heterocycles. The first kappa shape index (κ1) is 10.0. The Morgan fingerprint density at radius 1 is 1.33 bits per heavy atom. The van der Waals surface area contributed by atoms with Crippen molar-refractivity contribution >= 4 is 0 Å². The molecule has 0 amide bonds. The van der Waals surface area contributed by atoms with Crippen LogP contribution in [0.4, 0.5) is 0 Å². The lowest BCUT2D eigenvalue weighted by Gasteiger charge is -2.38. The number of hydrogen-bond donors (Lipinski definition) is 1. The maximum Gasteiger partial charge on any atom is -0.00189 e. The summed E-state index contributed by atoms with van der Waals surface area (Å²) in [5, 5.41) is 0. The Morgan fingerprint density at radius 3 is 2.25 bits per heavy atom. The molecule has 2 heteroatoms. The molecule has 0 saturated carbocycles. The van der Waals surface area contributed by atoms with Crippen LogP contribution in [0.2, 0.25) is 0 Å². The fourth-order valence-electron chi connectivity index (χ4n) is 1.96. The minimum atomic E-state index is 0.348. The number of nitrogens with two attached hydrogens (primary N) is 1.